The van der Waals surface area contributed by atoms with Crippen molar-refractivity contribution >= 4 is 29.1 Å². The molecule has 0 N–H and O–H groups in total. The van der Waals surface area contributed by atoms with Gasteiger partial charge < -0.3 is 14.2 Å². The lowest BCUT2D eigenvalue weighted by atomic mass is 10.2. The van der Waals surface area contributed by atoms with Gasteiger partial charge in [0.2, 0.25) is 5.91 Å². The van der Waals surface area contributed by atoms with E-state index in [0.29, 0.717) is 35.6 Å². The lowest BCUT2D eigenvalue weighted by Gasteiger charge is -2.15. The molecular weight excluding hydrogens is 402 g/mol. The topological polar surface area (TPSA) is 72.7 Å². The van der Waals surface area contributed by atoms with E-state index in [1.54, 1.807) is 31.4 Å². The summed E-state index contributed by atoms with van der Waals surface area (Å²) < 4.78 is 16.1. The van der Waals surface area contributed by atoms with Gasteiger partial charge in [0.1, 0.15) is 5.75 Å². The lowest BCUT2D eigenvalue weighted by Crippen LogP contribution is -2.28. The highest BCUT2D eigenvalue weighted by atomic mass is 32.2. The Bertz CT molecular complexity index is 928. The predicted molar refractivity (Wildman–Crippen MR) is 120 cm³/mol. The maximum absolute atomic E-state index is 12.3. The van der Waals surface area contributed by atoms with Crippen molar-refractivity contribution in [1.82, 2.24) is 4.90 Å². The first-order valence-electron chi connectivity index (χ1n) is 9.62. The zero-order chi connectivity index (χ0) is 21.3. The van der Waals surface area contributed by atoms with Crippen molar-refractivity contribution in [3.63, 3.8) is 0 Å². The van der Waals surface area contributed by atoms with E-state index in [1.807, 2.05) is 36.4 Å². The molecule has 0 aliphatic carbocycles. The molecule has 1 aliphatic heterocycles. The first kappa shape index (κ1) is 21.7. The molecule has 0 radical (unpaired) electrons. The highest BCUT2D eigenvalue weighted by Gasteiger charge is 2.28. The molecular formula is C22H25N3O4S. The minimum atomic E-state index is 0.0198. The molecule has 1 heterocycles. The number of ether oxygens (including phenoxy) is 3. The van der Waals surface area contributed by atoms with Crippen molar-refractivity contribution in [2.24, 2.45) is 10.2 Å². The largest absolute Gasteiger partial charge is 0.494 e. The Morgan fingerprint density at radius 2 is 1.87 bits per heavy atom. The van der Waals surface area contributed by atoms with Crippen LogP contribution in [-0.4, -0.2) is 48.8 Å². The first-order chi connectivity index (χ1) is 14.6. The number of hydrogen-bond acceptors (Lipinski definition) is 7. The number of hydrogen-bond donors (Lipinski definition) is 0. The van der Waals surface area contributed by atoms with E-state index in [9.17, 15) is 4.79 Å². The van der Waals surface area contributed by atoms with E-state index in [-0.39, 0.29) is 5.91 Å². The highest BCUT2D eigenvalue weighted by Crippen LogP contribution is 2.27. The smallest absolute Gasteiger partial charge is 0.239 e. The standard InChI is InChI=1S/C22H25N3O4S/c1-4-11-29-18-8-5-16(6-9-18)14-25-21(26)15-30-22(25)24-23-13-17-7-10-19(27-2)20(12-17)28-3/h5-10,12-13H,4,11,14-15H2,1-3H3/b23-13-,24-22-. The SMILES string of the molecule is CCCOc1ccc(CN2C(=O)CS/C2=N\N=C/c2ccc(OC)c(OC)c2)cc1. The van der Waals surface area contributed by atoms with Gasteiger partial charge in [0, 0.05) is 0 Å². The summed E-state index contributed by atoms with van der Waals surface area (Å²) in [7, 11) is 3.17. The number of carbonyl (C=O) groups is 1. The number of thioether (sulfide) groups is 1. The Morgan fingerprint density at radius 1 is 1.10 bits per heavy atom. The van der Waals surface area contributed by atoms with Crippen molar-refractivity contribution in [2.75, 3.05) is 26.6 Å². The molecule has 1 saturated heterocycles. The summed E-state index contributed by atoms with van der Waals surface area (Å²) in [4.78, 5) is 14.0. The zero-order valence-corrected chi connectivity index (χ0v) is 18.1. The molecule has 0 saturated carbocycles. The molecule has 1 fully saturated rings. The summed E-state index contributed by atoms with van der Waals surface area (Å²) in [6, 6.07) is 13.3. The zero-order valence-electron chi connectivity index (χ0n) is 17.3. The van der Waals surface area contributed by atoms with Crippen molar-refractivity contribution in [2.45, 2.75) is 19.9 Å². The van der Waals surface area contributed by atoms with Gasteiger partial charge in [-0.05, 0) is 47.9 Å². The fourth-order valence-electron chi connectivity index (χ4n) is 2.80. The van der Waals surface area contributed by atoms with Crippen molar-refractivity contribution in [3.8, 4) is 17.2 Å². The van der Waals surface area contributed by atoms with Crippen LogP contribution in [0.2, 0.25) is 0 Å². The van der Waals surface area contributed by atoms with Crippen LogP contribution in [0.5, 0.6) is 17.2 Å². The fraction of sp³-hybridized carbons (Fsp3) is 0.318. The highest BCUT2D eigenvalue weighted by molar-refractivity contribution is 8.15. The summed E-state index contributed by atoms with van der Waals surface area (Å²) in [5.74, 6) is 2.48. The van der Waals surface area contributed by atoms with Gasteiger partial charge >= 0.3 is 0 Å². The van der Waals surface area contributed by atoms with Gasteiger partial charge in [-0.2, -0.15) is 5.10 Å². The normalized spacial score (nSPS) is 15.2. The summed E-state index contributed by atoms with van der Waals surface area (Å²) in [5, 5.41) is 9.01. The number of carbonyl (C=O) groups excluding carboxylic acids is 1. The van der Waals surface area contributed by atoms with Crippen molar-refractivity contribution in [1.29, 1.82) is 0 Å². The molecule has 2 aromatic rings. The monoisotopic (exact) mass is 427 g/mol. The van der Waals surface area contributed by atoms with Crippen LogP contribution in [0.15, 0.2) is 52.7 Å². The van der Waals surface area contributed by atoms with Crippen molar-refractivity contribution < 1.29 is 19.0 Å². The number of amidine groups is 1. The molecule has 8 heteroatoms. The summed E-state index contributed by atoms with van der Waals surface area (Å²) >= 11 is 1.38. The Labute approximate surface area is 180 Å². The third-order valence-corrected chi connectivity index (χ3v) is 5.30. The van der Waals surface area contributed by atoms with Crippen LogP contribution in [0.3, 0.4) is 0 Å². The van der Waals surface area contributed by atoms with Crippen LogP contribution >= 0.6 is 11.8 Å². The van der Waals surface area contributed by atoms with E-state index in [1.165, 1.54) is 11.8 Å². The average Bonchev–Trinajstić information content (AvgIpc) is 3.12. The molecule has 7 nitrogen and oxygen atoms in total. The second kappa shape index (κ2) is 10.7. The molecule has 1 aliphatic rings. The van der Waals surface area contributed by atoms with Crippen LogP contribution in [0.4, 0.5) is 0 Å². The van der Waals surface area contributed by atoms with Gasteiger partial charge in [-0.1, -0.05) is 30.8 Å². The fourth-order valence-corrected chi connectivity index (χ4v) is 3.63. The molecule has 0 atom stereocenters. The van der Waals surface area contributed by atoms with Crippen LogP contribution in [0.1, 0.15) is 24.5 Å². The Hall–Kier alpha value is -3.00. The van der Waals surface area contributed by atoms with E-state index < -0.39 is 0 Å². The molecule has 1 amide bonds. The summed E-state index contributed by atoms with van der Waals surface area (Å²) in [6.07, 6.45) is 2.58. The quantitative estimate of drug-likeness (QED) is 0.447. The molecule has 3 rings (SSSR count). The number of methoxy groups -OCH3 is 2. The van der Waals surface area contributed by atoms with E-state index in [2.05, 4.69) is 17.1 Å². The summed E-state index contributed by atoms with van der Waals surface area (Å²) in [6.45, 7) is 3.21. The van der Waals surface area contributed by atoms with Gasteiger partial charge in [-0.15, -0.1) is 5.10 Å². The third-order valence-electron chi connectivity index (χ3n) is 4.35. The number of rotatable bonds is 9. The first-order valence-corrected chi connectivity index (χ1v) is 10.6. The molecule has 0 spiro atoms. The minimum absolute atomic E-state index is 0.0198. The average molecular weight is 428 g/mol. The van der Waals surface area contributed by atoms with Crippen LogP contribution < -0.4 is 14.2 Å². The maximum atomic E-state index is 12.3. The molecule has 2 aromatic carbocycles. The molecule has 0 unspecified atom stereocenters. The van der Waals surface area contributed by atoms with E-state index in [4.69, 9.17) is 14.2 Å². The van der Waals surface area contributed by atoms with E-state index >= 15 is 0 Å². The second-order valence-corrected chi connectivity index (χ2v) is 7.45. The lowest BCUT2D eigenvalue weighted by molar-refractivity contribution is -0.124. The van der Waals surface area contributed by atoms with Gasteiger partial charge in [-0.25, -0.2) is 0 Å². The maximum Gasteiger partial charge on any atom is 0.239 e. The van der Waals surface area contributed by atoms with Crippen LogP contribution in [0, 0.1) is 0 Å². The Kier molecular flexibility index (Phi) is 7.73. The number of nitrogens with zero attached hydrogens (tertiary/aromatic N) is 3. The second-order valence-electron chi connectivity index (χ2n) is 6.50. The summed E-state index contributed by atoms with van der Waals surface area (Å²) in [5.41, 5.74) is 1.83. The minimum Gasteiger partial charge on any atom is -0.494 e. The van der Waals surface area contributed by atoms with Gasteiger partial charge in [-0.3, -0.25) is 9.69 Å². The number of amides is 1. The van der Waals surface area contributed by atoms with E-state index in [0.717, 1.165) is 23.3 Å². The molecule has 0 aromatic heterocycles. The van der Waals surface area contributed by atoms with Crippen LogP contribution in [-0.2, 0) is 11.3 Å². The van der Waals surface area contributed by atoms with Crippen molar-refractivity contribution in [3.05, 3.63) is 53.6 Å². The third kappa shape index (κ3) is 5.54. The molecule has 30 heavy (non-hydrogen) atoms. The van der Waals surface area contributed by atoms with Gasteiger partial charge in [0.25, 0.3) is 0 Å². The van der Waals surface area contributed by atoms with Gasteiger partial charge in [0.05, 0.1) is 39.3 Å². The predicted octanol–water partition coefficient (Wildman–Crippen LogP) is 3.96. The Morgan fingerprint density at radius 3 is 2.57 bits per heavy atom. The van der Waals surface area contributed by atoms with Crippen LogP contribution in [0.25, 0.3) is 0 Å². The Balaban J connectivity index is 1.68. The molecule has 0 bridgehead atoms. The van der Waals surface area contributed by atoms with Gasteiger partial charge in [0.15, 0.2) is 16.7 Å². The molecule has 158 valence electrons. The number of benzene rings is 2.